The van der Waals surface area contributed by atoms with Crippen LogP contribution in [0.5, 0.6) is 0 Å². The normalized spacial score (nSPS) is 11.3. The van der Waals surface area contributed by atoms with Crippen molar-refractivity contribution in [3.8, 4) is 10.9 Å². The maximum absolute atomic E-state index is 5.99. The van der Waals surface area contributed by atoms with Crippen molar-refractivity contribution in [2.45, 2.75) is 13.5 Å². The van der Waals surface area contributed by atoms with Gasteiger partial charge in [0.2, 0.25) is 5.01 Å². The fraction of sp³-hybridized carbons (Fsp3) is 0.143. The Hall–Kier alpha value is -2.16. The molecule has 0 aliphatic heterocycles. The first-order valence-electron chi connectivity index (χ1n) is 6.93. The summed E-state index contributed by atoms with van der Waals surface area (Å²) in [6.45, 7) is 2.37. The van der Waals surface area contributed by atoms with Gasteiger partial charge < -0.3 is 9.73 Å². The highest BCUT2D eigenvalue weighted by molar-refractivity contribution is 7.20. The van der Waals surface area contributed by atoms with Crippen LogP contribution >= 0.6 is 34.5 Å². The molecule has 0 fully saturated rings. The second kappa shape index (κ2) is 6.04. The number of anilines is 1. The van der Waals surface area contributed by atoms with Crippen LogP contribution in [0, 0.1) is 6.92 Å². The Morgan fingerprint density at radius 1 is 1.25 bits per heavy atom. The average molecular weight is 381 g/mol. The summed E-state index contributed by atoms with van der Waals surface area (Å²) in [5.74, 6) is 1.17. The first-order chi connectivity index (χ1) is 11.6. The topological polar surface area (TPSA) is 81.1 Å². The number of nitrogens with zero attached hydrogens (tertiary/aromatic N) is 5. The van der Waals surface area contributed by atoms with E-state index in [0.29, 0.717) is 33.5 Å². The molecule has 4 aromatic rings. The lowest BCUT2D eigenvalue weighted by Crippen LogP contribution is -1.99. The van der Waals surface area contributed by atoms with E-state index >= 15 is 0 Å². The van der Waals surface area contributed by atoms with Crippen molar-refractivity contribution >= 4 is 45.4 Å². The molecule has 3 heterocycles. The maximum atomic E-state index is 5.99. The smallest absolute Gasteiger partial charge is 0.316 e. The van der Waals surface area contributed by atoms with E-state index in [1.54, 1.807) is 22.8 Å². The predicted octanol–water partition coefficient (Wildman–Crippen LogP) is 4.07. The highest BCUT2D eigenvalue weighted by Crippen LogP contribution is 2.27. The van der Waals surface area contributed by atoms with Crippen LogP contribution in [-0.2, 0) is 6.54 Å². The highest BCUT2D eigenvalue weighted by atomic mass is 35.5. The first kappa shape index (κ1) is 15.4. The Kier molecular flexibility index (Phi) is 3.87. The van der Waals surface area contributed by atoms with Gasteiger partial charge in [-0.05, 0) is 24.6 Å². The summed E-state index contributed by atoms with van der Waals surface area (Å²) in [7, 11) is 0. The molecular formula is C14H10Cl2N6OS. The lowest BCUT2D eigenvalue weighted by atomic mass is 10.2. The van der Waals surface area contributed by atoms with E-state index in [-0.39, 0.29) is 0 Å². The fourth-order valence-corrected chi connectivity index (χ4v) is 3.29. The Bertz CT molecular complexity index is 1020. The van der Waals surface area contributed by atoms with Crippen molar-refractivity contribution in [1.29, 1.82) is 0 Å². The average Bonchev–Trinajstić information content (AvgIpc) is 3.26. The molecule has 0 aliphatic carbocycles. The molecule has 0 aliphatic rings. The summed E-state index contributed by atoms with van der Waals surface area (Å²) in [5.41, 5.74) is 0.953. The van der Waals surface area contributed by atoms with Crippen LogP contribution in [0.25, 0.3) is 15.7 Å². The van der Waals surface area contributed by atoms with Gasteiger partial charge in [-0.3, -0.25) is 0 Å². The van der Waals surface area contributed by atoms with Crippen molar-refractivity contribution in [3.05, 3.63) is 45.8 Å². The molecule has 0 saturated heterocycles. The molecule has 0 amide bonds. The molecule has 3 aromatic heterocycles. The highest BCUT2D eigenvalue weighted by Gasteiger charge is 2.15. The zero-order chi connectivity index (χ0) is 16.7. The van der Waals surface area contributed by atoms with Gasteiger partial charge in [0.05, 0.1) is 16.2 Å². The van der Waals surface area contributed by atoms with Gasteiger partial charge in [0.1, 0.15) is 10.7 Å². The van der Waals surface area contributed by atoms with E-state index in [2.05, 4.69) is 25.6 Å². The zero-order valence-corrected chi connectivity index (χ0v) is 14.7. The SMILES string of the molecule is Cc1ncc2sc(-c3nnc(NCc4ccc(Cl)c(Cl)c4)o3)nn12. The molecule has 4 rings (SSSR count). The summed E-state index contributed by atoms with van der Waals surface area (Å²) in [6.07, 6.45) is 1.76. The van der Waals surface area contributed by atoms with Crippen molar-refractivity contribution in [1.82, 2.24) is 24.8 Å². The number of aromatic nitrogens is 5. The molecule has 0 unspecified atom stereocenters. The Morgan fingerprint density at radius 3 is 2.92 bits per heavy atom. The summed E-state index contributed by atoms with van der Waals surface area (Å²) >= 11 is 13.3. The third-order valence-electron chi connectivity index (χ3n) is 3.30. The van der Waals surface area contributed by atoms with Crippen LogP contribution in [0.3, 0.4) is 0 Å². The Balaban J connectivity index is 1.50. The summed E-state index contributed by atoms with van der Waals surface area (Å²) in [4.78, 5) is 5.11. The third kappa shape index (κ3) is 2.83. The quantitative estimate of drug-likeness (QED) is 0.574. The number of hydrogen-bond donors (Lipinski definition) is 1. The molecule has 0 spiro atoms. The number of rotatable bonds is 4. The molecule has 10 heteroatoms. The van der Waals surface area contributed by atoms with Crippen molar-refractivity contribution < 1.29 is 4.42 Å². The predicted molar refractivity (Wildman–Crippen MR) is 92.7 cm³/mol. The molecule has 1 aromatic carbocycles. The Morgan fingerprint density at radius 2 is 2.12 bits per heavy atom. The largest absolute Gasteiger partial charge is 0.401 e. The van der Waals surface area contributed by atoms with Crippen LogP contribution in [0.15, 0.2) is 28.8 Å². The number of halogens is 2. The molecule has 0 atom stereocenters. The molecular weight excluding hydrogens is 371 g/mol. The summed E-state index contributed by atoms with van der Waals surface area (Å²) in [5, 5.41) is 17.1. The van der Waals surface area contributed by atoms with Gasteiger partial charge in [0.15, 0.2) is 0 Å². The van der Waals surface area contributed by atoms with E-state index in [1.807, 2.05) is 13.0 Å². The third-order valence-corrected chi connectivity index (χ3v) is 4.98. The van der Waals surface area contributed by atoms with E-state index in [9.17, 15) is 0 Å². The van der Waals surface area contributed by atoms with Gasteiger partial charge in [0.25, 0.3) is 5.89 Å². The van der Waals surface area contributed by atoms with Gasteiger partial charge in [-0.2, -0.15) is 0 Å². The van der Waals surface area contributed by atoms with E-state index in [1.165, 1.54) is 11.3 Å². The lowest BCUT2D eigenvalue weighted by Gasteiger charge is -2.03. The number of aryl methyl sites for hydroxylation is 1. The molecule has 122 valence electrons. The van der Waals surface area contributed by atoms with Crippen molar-refractivity contribution in [3.63, 3.8) is 0 Å². The zero-order valence-electron chi connectivity index (χ0n) is 12.3. The molecule has 7 nitrogen and oxygen atoms in total. The summed E-state index contributed by atoms with van der Waals surface area (Å²) < 4.78 is 7.35. The maximum Gasteiger partial charge on any atom is 0.316 e. The minimum absolute atomic E-state index is 0.311. The molecule has 0 radical (unpaired) electrons. The van der Waals surface area contributed by atoms with Gasteiger partial charge >= 0.3 is 6.01 Å². The van der Waals surface area contributed by atoms with Gasteiger partial charge in [-0.15, -0.1) is 10.2 Å². The fourth-order valence-electron chi connectivity index (χ4n) is 2.11. The lowest BCUT2D eigenvalue weighted by molar-refractivity contribution is 0.579. The van der Waals surface area contributed by atoms with Crippen molar-refractivity contribution in [2.24, 2.45) is 0 Å². The van der Waals surface area contributed by atoms with Crippen LogP contribution in [-0.4, -0.2) is 24.8 Å². The minimum Gasteiger partial charge on any atom is -0.401 e. The van der Waals surface area contributed by atoms with Crippen molar-refractivity contribution in [2.75, 3.05) is 5.32 Å². The second-order valence-corrected chi connectivity index (χ2v) is 6.80. The number of hydrogen-bond acceptors (Lipinski definition) is 7. The van der Waals surface area contributed by atoms with Gasteiger partial charge in [-0.1, -0.05) is 45.7 Å². The Labute approximate surface area is 150 Å². The number of imidazole rings is 1. The van der Waals surface area contributed by atoms with Crippen LogP contribution in [0.2, 0.25) is 10.0 Å². The minimum atomic E-state index is 0.311. The number of benzene rings is 1. The van der Waals surface area contributed by atoms with Crippen LogP contribution < -0.4 is 5.32 Å². The first-order valence-corrected chi connectivity index (χ1v) is 8.50. The monoisotopic (exact) mass is 380 g/mol. The number of fused-ring (bicyclic) bond motifs is 1. The molecule has 0 bridgehead atoms. The van der Waals surface area contributed by atoms with E-state index in [0.717, 1.165) is 16.2 Å². The van der Waals surface area contributed by atoms with E-state index < -0.39 is 0 Å². The molecule has 0 saturated carbocycles. The standard InChI is InChI=1S/C14H10Cl2N6OS/c1-7-17-6-11-22(7)21-13(24-11)12-19-20-14(23-12)18-5-8-2-3-9(15)10(16)4-8/h2-4,6H,5H2,1H3,(H,18,20). The molecule has 1 N–H and O–H groups in total. The van der Waals surface area contributed by atoms with Crippen LogP contribution in [0.4, 0.5) is 6.01 Å². The van der Waals surface area contributed by atoms with E-state index in [4.69, 9.17) is 27.6 Å². The summed E-state index contributed by atoms with van der Waals surface area (Å²) in [6, 6.07) is 5.72. The van der Waals surface area contributed by atoms with Gasteiger partial charge in [0, 0.05) is 6.54 Å². The van der Waals surface area contributed by atoms with Gasteiger partial charge in [-0.25, -0.2) is 9.50 Å². The number of nitrogens with one attached hydrogen (secondary N) is 1. The molecule has 24 heavy (non-hydrogen) atoms. The second-order valence-electron chi connectivity index (χ2n) is 4.98. The van der Waals surface area contributed by atoms with Crippen LogP contribution in [0.1, 0.15) is 11.4 Å².